The zero-order valence-corrected chi connectivity index (χ0v) is 30.9. The fraction of sp³-hybridized carbons (Fsp3) is 0. The number of furan rings is 1. The molecule has 3 aromatic heterocycles. The molecule has 0 radical (unpaired) electrons. The maximum atomic E-state index is 6.75. The molecule has 0 saturated heterocycles. The van der Waals surface area contributed by atoms with Crippen LogP contribution in [-0.4, -0.2) is 15.0 Å². The first-order valence-electron chi connectivity index (χ1n) is 18.7. The van der Waals surface area contributed by atoms with Crippen LogP contribution < -0.4 is 0 Å². The Morgan fingerprint density at radius 1 is 0.339 bits per heavy atom. The highest BCUT2D eigenvalue weighted by molar-refractivity contribution is 7.25. The van der Waals surface area contributed by atoms with Crippen LogP contribution in [0.15, 0.2) is 192 Å². The third-order valence-corrected chi connectivity index (χ3v) is 11.7. The Morgan fingerprint density at radius 3 is 1.62 bits per heavy atom. The molecule has 5 heteroatoms. The number of hydrogen-bond donors (Lipinski definition) is 0. The van der Waals surface area contributed by atoms with Crippen molar-refractivity contribution in [1.29, 1.82) is 0 Å². The minimum absolute atomic E-state index is 0.598. The van der Waals surface area contributed by atoms with Gasteiger partial charge in [-0.05, 0) is 52.1 Å². The van der Waals surface area contributed by atoms with Crippen molar-refractivity contribution in [2.75, 3.05) is 0 Å². The van der Waals surface area contributed by atoms with E-state index in [1.165, 1.54) is 36.9 Å². The molecule has 0 aliphatic carbocycles. The zero-order valence-electron chi connectivity index (χ0n) is 30.1. The number of para-hydroxylation sites is 1. The van der Waals surface area contributed by atoms with Crippen LogP contribution in [0.2, 0.25) is 0 Å². The highest BCUT2D eigenvalue weighted by atomic mass is 32.1. The topological polar surface area (TPSA) is 51.8 Å². The molecular formula is C51H31N3OS. The van der Waals surface area contributed by atoms with E-state index < -0.39 is 0 Å². The van der Waals surface area contributed by atoms with Gasteiger partial charge < -0.3 is 4.42 Å². The third-order valence-electron chi connectivity index (χ3n) is 10.6. The van der Waals surface area contributed by atoms with Crippen molar-refractivity contribution < 1.29 is 4.42 Å². The number of hydrogen-bond acceptors (Lipinski definition) is 5. The molecule has 0 unspecified atom stereocenters. The average Bonchev–Trinajstić information content (AvgIpc) is 3.85. The molecule has 11 rings (SSSR count). The summed E-state index contributed by atoms with van der Waals surface area (Å²) < 4.78 is 9.28. The largest absolute Gasteiger partial charge is 0.455 e. The second-order valence-corrected chi connectivity index (χ2v) is 15.1. The molecule has 0 fully saturated rings. The summed E-state index contributed by atoms with van der Waals surface area (Å²) in [5.74, 6) is 1.84. The van der Waals surface area contributed by atoms with Gasteiger partial charge in [-0.2, -0.15) is 0 Å². The standard InChI is InChI=1S/C51H31N3OS/c1-4-12-32(13-5-1)34-22-24-36(25-23-34)50-52-49(35-16-8-3-9-17-35)53-51(54-50)42-20-11-21-44-47(42)41-19-10-18-39(48(41)55-44)38-26-28-40-43-30-37(33-14-6-2-7-15-33)27-29-45(43)56-46(40)31-38/h1-31H. The first-order valence-corrected chi connectivity index (χ1v) is 19.5. The molecule has 8 aromatic carbocycles. The summed E-state index contributed by atoms with van der Waals surface area (Å²) in [6.07, 6.45) is 0. The Hall–Kier alpha value is -7.21. The van der Waals surface area contributed by atoms with Gasteiger partial charge in [-0.25, -0.2) is 15.0 Å². The number of thiophene rings is 1. The van der Waals surface area contributed by atoms with E-state index >= 15 is 0 Å². The van der Waals surface area contributed by atoms with E-state index in [1.807, 2.05) is 59.9 Å². The maximum Gasteiger partial charge on any atom is 0.164 e. The lowest BCUT2D eigenvalue weighted by Crippen LogP contribution is -2.00. The van der Waals surface area contributed by atoms with Crippen LogP contribution in [0.3, 0.4) is 0 Å². The lowest BCUT2D eigenvalue weighted by molar-refractivity contribution is 0.670. The van der Waals surface area contributed by atoms with E-state index in [9.17, 15) is 0 Å². The molecule has 0 saturated carbocycles. The van der Waals surface area contributed by atoms with Crippen molar-refractivity contribution in [3.63, 3.8) is 0 Å². The minimum atomic E-state index is 0.598. The van der Waals surface area contributed by atoms with Gasteiger partial charge in [0.25, 0.3) is 0 Å². The number of rotatable bonds is 6. The van der Waals surface area contributed by atoms with Gasteiger partial charge in [0.05, 0.1) is 0 Å². The monoisotopic (exact) mass is 733 g/mol. The van der Waals surface area contributed by atoms with Crippen LogP contribution >= 0.6 is 11.3 Å². The van der Waals surface area contributed by atoms with Gasteiger partial charge in [0.2, 0.25) is 0 Å². The van der Waals surface area contributed by atoms with Gasteiger partial charge in [0.15, 0.2) is 17.5 Å². The highest BCUT2D eigenvalue weighted by Crippen LogP contribution is 2.43. The van der Waals surface area contributed by atoms with Gasteiger partial charge >= 0.3 is 0 Å². The second-order valence-electron chi connectivity index (χ2n) is 14.0. The number of benzene rings is 8. The van der Waals surface area contributed by atoms with E-state index in [2.05, 4.69) is 140 Å². The van der Waals surface area contributed by atoms with Crippen molar-refractivity contribution in [3.8, 4) is 67.5 Å². The van der Waals surface area contributed by atoms with E-state index in [4.69, 9.17) is 19.4 Å². The highest BCUT2D eigenvalue weighted by Gasteiger charge is 2.20. The van der Waals surface area contributed by atoms with E-state index in [0.717, 1.165) is 55.3 Å². The summed E-state index contributed by atoms with van der Waals surface area (Å²) in [6.45, 7) is 0. The van der Waals surface area contributed by atoms with E-state index in [1.54, 1.807) is 0 Å². The second kappa shape index (κ2) is 13.3. The van der Waals surface area contributed by atoms with Gasteiger partial charge in [-0.15, -0.1) is 11.3 Å². The molecule has 0 atom stereocenters. The molecule has 0 aliphatic rings. The molecule has 262 valence electrons. The van der Waals surface area contributed by atoms with Gasteiger partial charge in [-0.1, -0.05) is 164 Å². The van der Waals surface area contributed by atoms with Crippen LogP contribution in [0.4, 0.5) is 0 Å². The van der Waals surface area contributed by atoms with E-state index in [-0.39, 0.29) is 0 Å². The Morgan fingerprint density at radius 2 is 0.893 bits per heavy atom. The average molecular weight is 734 g/mol. The minimum Gasteiger partial charge on any atom is -0.455 e. The Kier molecular flexibility index (Phi) is 7.64. The first-order chi connectivity index (χ1) is 27.7. The van der Waals surface area contributed by atoms with Gasteiger partial charge in [-0.3, -0.25) is 0 Å². The van der Waals surface area contributed by atoms with Crippen molar-refractivity contribution in [3.05, 3.63) is 188 Å². The molecule has 0 bridgehead atoms. The summed E-state index contributed by atoms with van der Waals surface area (Å²) in [5, 5.41) is 4.55. The normalized spacial score (nSPS) is 11.6. The predicted molar refractivity (Wildman–Crippen MR) is 233 cm³/mol. The van der Waals surface area contributed by atoms with Gasteiger partial charge in [0.1, 0.15) is 11.2 Å². The molecule has 0 amide bonds. The molecule has 3 heterocycles. The lowest BCUT2D eigenvalue weighted by atomic mass is 9.99. The zero-order chi connectivity index (χ0) is 37.0. The summed E-state index contributed by atoms with van der Waals surface area (Å²) >= 11 is 1.83. The molecular weight excluding hydrogens is 703 g/mol. The summed E-state index contributed by atoms with van der Waals surface area (Å²) in [4.78, 5) is 15.2. The molecule has 0 N–H and O–H groups in total. The number of fused-ring (bicyclic) bond motifs is 6. The predicted octanol–water partition coefficient (Wildman–Crippen LogP) is 14.1. The molecule has 4 nitrogen and oxygen atoms in total. The van der Waals surface area contributed by atoms with Crippen LogP contribution in [0.5, 0.6) is 0 Å². The van der Waals surface area contributed by atoms with Crippen LogP contribution in [0.1, 0.15) is 0 Å². The molecule has 56 heavy (non-hydrogen) atoms. The molecule has 0 aliphatic heterocycles. The number of nitrogens with zero attached hydrogens (tertiary/aromatic N) is 3. The fourth-order valence-electron chi connectivity index (χ4n) is 7.80. The molecule has 11 aromatic rings. The van der Waals surface area contributed by atoms with Crippen LogP contribution in [-0.2, 0) is 0 Å². The lowest BCUT2D eigenvalue weighted by Gasteiger charge is -2.10. The summed E-state index contributed by atoms with van der Waals surface area (Å²) in [7, 11) is 0. The van der Waals surface area contributed by atoms with Crippen molar-refractivity contribution >= 4 is 53.4 Å². The Balaban J connectivity index is 1.04. The molecule has 0 spiro atoms. The summed E-state index contributed by atoms with van der Waals surface area (Å²) in [5.41, 5.74) is 11.3. The van der Waals surface area contributed by atoms with Crippen molar-refractivity contribution in [1.82, 2.24) is 15.0 Å². The maximum absolute atomic E-state index is 6.75. The summed E-state index contributed by atoms with van der Waals surface area (Å²) in [6, 6.07) is 65.6. The van der Waals surface area contributed by atoms with E-state index in [0.29, 0.717) is 17.5 Å². The quantitative estimate of drug-likeness (QED) is 0.171. The Labute approximate surface area is 327 Å². The first kappa shape index (κ1) is 32.2. The van der Waals surface area contributed by atoms with Crippen molar-refractivity contribution in [2.24, 2.45) is 0 Å². The van der Waals surface area contributed by atoms with Crippen LogP contribution in [0.25, 0.3) is 110 Å². The third kappa shape index (κ3) is 5.56. The fourth-order valence-corrected chi connectivity index (χ4v) is 8.93. The smallest absolute Gasteiger partial charge is 0.164 e. The van der Waals surface area contributed by atoms with Crippen molar-refractivity contribution in [2.45, 2.75) is 0 Å². The number of aromatic nitrogens is 3. The van der Waals surface area contributed by atoms with Crippen LogP contribution in [0, 0.1) is 0 Å². The SMILES string of the molecule is c1ccc(-c2ccc(-c3nc(-c4ccccc4)nc(-c4cccc5oc6c(-c7ccc8c(c7)sc7ccc(-c9ccccc9)cc78)cccc6c45)n3)cc2)cc1. The van der Waals surface area contributed by atoms with Gasteiger partial charge in [0, 0.05) is 53.2 Å². The Bertz CT molecular complexity index is 3230.